The second-order valence-corrected chi connectivity index (χ2v) is 8.04. The van der Waals surface area contributed by atoms with E-state index in [-0.39, 0.29) is 24.1 Å². The van der Waals surface area contributed by atoms with Gasteiger partial charge in [0, 0.05) is 23.7 Å². The van der Waals surface area contributed by atoms with Gasteiger partial charge in [0.2, 0.25) is 17.6 Å². The van der Waals surface area contributed by atoms with Crippen LogP contribution in [0.2, 0.25) is 0 Å². The van der Waals surface area contributed by atoms with Crippen LogP contribution in [0.15, 0.2) is 54.6 Å². The molecule has 1 unspecified atom stereocenters. The summed E-state index contributed by atoms with van der Waals surface area (Å²) in [7, 11) is 2.99. The Labute approximate surface area is 218 Å². The number of aliphatic hydroxyl groups excluding tert-OH is 2. The molecule has 3 aromatic carbocycles. The van der Waals surface area contributed by atoms with E-state index in [4.69, 9.17) is 24.6 Å². The first kappa shape index (κ1) is 26.0. The highest BCUT2D eigenvalue weighted by Crippen LogP contribution is 2.45. The van der Waals surface area contributed by atoms with Crippen molar-refractivity contribution >= 4 is 28.2 Å². The summed E-state index contributed by atoms with van der Waals surface area (Å²) in [4.78, 5) is 8.87. The Morgan fingerprint density at radius 1 is 0.921 bits per heavy atom. The second-order valence-electron chi connectivity index (χ2n) is 8.04. The Morgan fingerprint density at radius 3 is 2.32 bits per heavy atom. The molecule has 1 atom stereocenters. The van der Waals surface area contributed by atoms with Crippen LogP contribution in [-0.2, 0) is 0 Å². The van der Waals surface area contributed by atoms with Crippen LogP contribution in [0.25, 0.3) is 10.8 Å². The van der Waals surface area contributed by atoms with Crippen molar-refractivity contribution in [3.63, 3.8) is 0 Å². The molecule has 0 radical (unpaired) electrons. The van der Waals surface area contributed by atoms with Gasteiger partial charge < -0.3 is 35.1 Å². The molecule has 0 aliphatic heterocycles. The SMILES string of the molecule is COc1cc2cc(C#N)ccc2c(OC)c1Oc1cc(NCC(O)CO)nc(Nc2ccc(C#N)cc2)n1. The van der Waals surface area contributed by atoms with E-state index in [1.807, 2.05) is 0 Å². The van der Waals surface area contributed by atoms with E-state index in [0.29, 0.717) is 39.5 Å². The van der Waals surface area contributed by atoms with Gasteiger partial charge in [-0.15, -0.1) is 0 Å². The number of nitrogens with zero attached hydrogens (tertiary/aromatic N) is 4. The largest absolute Gasteiger partial charge is 0.493 e. The van der Waals surface area contributed by atoms with Gasteiger partial charge in [0.1, 0.15) is 5.82 Å². The van der Waals surface area contributed by atoms with Crippen molar-refractivity contribution in [1.29, 1.82) is 10.5 Å². The smallest absolute Gasteiger partial charge is 0.232 e. The van der Waals surface area contributed by atoms with Crippen LogP contribution in [0.1, 0.15) is 11.1 Å². The number of hydrogen-bond donors (Lipinski definition) is 4. The second kappa shape index (κ2) is 11.8. The van der Waals surface area contributed by atoms with E-state index in [2.05, 4.69) is 32.7 Å². The van der Waals surface area contributed by atoms with E-state index in [1.54, 1.807) is 48.5 Å². The van der Waals surface area contributed by atoms with Crippen molar-refractivity contribution in [2.75, 3.05) is 38.0 Å². The molecule has 11 nitrogen and oxygen atoms in total. The topological polar surface area (TPSA) is 166 Å². The minimum Gasteiger partial charge on any atom is -0.493 e. The van der Waals surface area contributed by atoms with Gasteiger partial charge >= 0.3 is 0 Å². The molecule has 1 aromatic heterocycles. The molecule has 0 fully saturated rings. The minimum atomic E-state index is -0.997. The Balaban J connectivity index is 1.75. The maximum atomic E-state index is 9.77. The van der Waals surface area contributed by atoms with Gasteiger partial charge in [0.15, 0.2) is 11.5 Å². The zero-order valence-electron chi connectivity index (χ0n) is 20.6. The number of nitriles is 2. The van der Waals surface area contributed by atoms with Gasteiger partial charge in [-0.3, -0.25) is 0 Å². The summed E-state index contributed by atoms with van der Waals surface area (Å²) in [6.45, 7) is -0.385. The third-order valence-electron chi connectivity index (χ3n) is 5.47. The lowest BCUT2D eigenvalue weighted by molar-refractivity contribution is 0.105. The fraction of sp³-hybridized carbons (Fsp3) is 0.185. The molecule has 0 aliphatic rings. The van der Waals surface area contributed by atoms with E-state index < -0.39 is 12.7 Å². The number of aromatic nitrogens is 2. The molecule has 0 amide bonds. The minimum absolute atomic E-state index is 0.0348. The standard InChI is InChI=1S/C27H24N6O5/c1-36-22-10-18-9-17(13-29)5-8-21(18)25(37-2)26(22)38-24-11-23(30-14-20(35)15-34)32-27(33-24)31-19-6-3-16(12-28)4-7-19/h3-11,20,34-35H,14-15H2,1-2H3,(H2,30,31,32,33). The van der Waals surface area contributed by atoms with Crippen molar-refractivity contribution in [1.82, 2.24) is 9.97 Å². The molecule has 4 rings (SSSR count). The number of rotatable bonds is 10. The normalized spacial score (nSPS) is 11.2. The lowest BCUT2D eigenvalue weighted by Gasteiger charge is -2.17. The quantitative estimate of drug-likeness (QED) is 0.245. The highest BCUT2D eigenvalue weighted by atomic mass is 16.5. The third-order valence-corrected chi connectivity index (χ3v) is 5.47. The van der Waals surface area contributed by atoms with Gasteiger partial charge in [0.25, 0.3) is 0 Å². The number of hydrogen-bond acceptors (Lipinski definition) is 11. The third kappa shape index (κ3) is 5.82. The van der Waals surface area contributed by atoms with E-state index >= 15 is 0 Å². The van der Waals surface area contributed by atoms with Crippen molar-refractivity contribution in [3.8, 4) is 35.3 Å². The summed E-state index contributed by atoms with van der Waals surface area (Å²) >= 11 is 0. The van der Waals surface area contributed by atoms with Crippen LogP contribution in [0.3, 0.4) is 0 Å². The summed E-state index contributed by atoms with van der Waals surface area (Å²) in [6.07, 6.45) is -0.997. The maximum absolute atomic E-state index is 9.77. The fourth-order valence-corrected chi connectivity index (χ4v) is 3.62. The lowest BCUT2D eigenvalue weighted by Crippen LogP contribution is -2.23. The van der Waals surface area contributed by atoms with E-state index in [0.717, 1.165) is 5.39 Å². The Kier molecular flexibility index (Phi) is 8.04. The fourth-order valence-electron chi connectivity index (χ4n) is 3.62. The molecule has 0 saturated carbocycles. The van der Waals surface area contributed by atoms with E-state index in [9.17, 15) is 10.4 Å². The van der Waals surface area contributed by atoms with Crippen LogP contribution in [0.5, 0.6) is 23.1 Å². The van der Waals surface area contributed by atoms with Crippen molar-refractivity contribution in [3.05, 3.63) is 65.7 Å². The average Bonchev–Trinajstić information content (AvgIpc) is 2.95. The van der Waals surface area contributed by atoms with Crippen LogP contribution < -0.4 is 24.8 Å². The Bertz CT molecular complexity index is 1530. The van der Waals surface area contributed by atoms with Crippen molar-refractivity contribution in [2.45, 2.75) is 6.10 Å². The molecule has 11 heteroatoms. The first-order valence-electron chi connectivity index (χ1n) is 11.4. The van der Waals surface area contributed by atoms with Crippen LogP contribution in [0, 0.1) is 22.7 Å². The Morgan fingerprint density at radius 2 is 1.66 bits per heavy atom. The number of fused-ring (bicyclic) bond motifs is 1. The number of nitrogens with one attached hydrogen (secondary N) is 2. The van der Waals surface area contributed by atoms with Gasteiger partial charge in [-0.2, -0.15) is 20.5 Å². The van der Waals surface area contributed by atoms with Crippen molar-refractivity contribution < 1.29 is 24.4 Å². The van der Waals surface area contributed by atoms with Crippen LogP contribution >= 0.6 is 0 Å². The van der Waals surface area contributed by atoms with Crippen molar-refractivity contribution in [2.24, 2.45) is 0 Å². The summed E-state index contributed by atoms with van der Waals surface area (Å²) in [5.41, 5.74) is 1.63. The molecule has 4 aromatic rings. The monoisotopic (exact) mass is 512 g/mol. The van der Waals surface area contributed by atoms with Crippen LogP contribution in [0.4, 0.5) is 17.5 Å². The molecular weight excluding hydrogens is 488 g/mol. The molecule has 38 heavy (non-hydrogen) atoms. The number of benzene rings is 3. The molecule has 0 bridgehead atoms. The highest BCUT2D eigenvalue weighted by Gasteiger charge is 2.20. The molecule has 0 saturated heterocycles. The Hall–Kier alpha value is -5.10. The van der Waals surface area contributed by atoms with Gasteiger partial charge in [0.05, 0.1) is 50.2 Å². The summed E-state index contributed by atoms with van der Waals surface area (Å²) in [5, 5.41) is 44.7. The number of ether oxygens (including phenoxy) is 3. The van der Waals surface area contributed by atoms with Gasteiger partial charge in [-0.05, 0) is 53.9 Å². The maximum Gasteiger partial charge on any atom is 0.232 e. The molecule has 4 N–H and O–H groups in total. The summed E-state index contributed by atoms with van der Waals surface area (Å²) in [5.74, 6) is 1.61. The zero-order chi connectivity index (χ0) is 27.1. The number of methoxy groups -OCH3 is 2. The average molecular weight is 513 g/mol. The van der Waals surface area contributed by atoms with Gasteiger partial charge in [-0.1, -0.05) is 0 Å². The molecule has 0 aliphatic carbocycles. The first-order valence-corrected chi connectivity index (χ1v) is 11.4. The molecular formula is C27H24N6O5. The van der Waals surface area contributed by atoms with E-state index in [1.165, 1.54) is 20.3 Å². The highest BCUT2D eigenvalue weighted by molar-refractivity contribution is 5.94. The first-order chi connectivity index (χ1) is 18.5. The predicted molar refractivity (Wildman–Crippen MR) is 140 cm³/mol. The lowest BCUT2D eigenvalue weighted by atomic mass is 10.1. The summed E-state index contributed by atoms with van der Waals surface area (Å²) in [6, 6.07) is 19.3. The predicted octanol–water partition coefficient (Wildman–Crippen LogP) is 3.69. The molecule has 192 valence electrons. The number of aliphatic hydroxyl groups is 2. The zero-order valence-corrected chi connectivity index (χ0v) is 20.6. The summed E-state index contributed by atoms with van der Waals surface area (Å²) < 4.78 is 17.4. The van der Waals surface area contributed by atoms with Gasteiger partial charge in [-0.25, -0.2) is 0 Å². The molecule has 0 spiro atoms. The molecule has 1 heterocycles. The number of anilines is 3. The van der Waals surface area contributed by atoms with Crippen LogP contribution in [-0.4, -0.2) is 53.7 Å².